The molecule has 0 spiro atoms. The number of nitrogens with one attached hydrogen (secondary N) is 1. The van der Waals surface area contributed by atoms with E-state index in [1.807, 2.05) is 35.9 Å². The van der Waals surface area contributed by atoms with Gasteiger partial charge in [0.15, 0.2) is 0 Å². The number of piperazine rings is 1. The molecule has 0 unspecified atom stereocenters. The Hall–Kier alpha value is -2.70. The van der Waals surface area contributed by atoms with Gasteiger partial charge in [0.2, 0.25) is 0 Å². The summed E-state index contributed by atoms with van der Waals surface area (Å²) in [6.45, 7) is 12.4. The average Bonchev–Trinajstić information content (AvgIpc) is 3.17. The van der Waals surface area contributed by atoms with Crippen LogP contribution in [0, 0.1) is 0 Å². The Morgan fingerprint density at radius 2 is 1.97 bits per heavy atom. The molecule has 0 aliphatic carbocycles. The molecule has 0 saturated carbocycles. The monoisotopic (exact) mass is 575 g/mol. The molecule has 0 bridgehead atoms. The van der Waals surface area contributed by atoms with Gasteiger partial charge in [0.1, 0.15) is 30.3 Å². The number of aromatic nitrogens is 4. The number of carboxylic acid groups (broad SMARTS) is 1. The third-order valence-electron chi connectivity index (χ3n) is 6.26. The number of amides is 1. The summed E-state index contributed by atoms with van der Waals surface area (Å²) in [6, 6.07) is 6.95. The van der Waals surface area contributed by atoms with E-state index < -0.39 is 14.2 Å². The van der Waals surface area contributed by atoms with Crippen LogP contribution < -0.4 is 10.2 Å². The largest absolute Gasteiger partial charge is 0.465 e. The van der Waals surface area contributed by atoms with Gasteiger partial charge in [-0.05, 0) is 41.0 Å². The van der Waals surface area contributed by atoms with E-state index in [-0.39, 0.29) is 6.04 Å². The van der Waals surface area contributed by atoms with Crippen LogP contribution in [0.4, 0.5) is 16.4 Å². The molecule has 3 aromatic rings. The van der Waals surface area contributed by atoms with Crippen molar-refractivity contribution in [3.8, 4) is 0 Å². The standard InChI is InChI=1S/C24H34BrN7O3Si/c1-17(19-6-5-7-20(29-19)30-8-10-31(11-9-30)24(33)34)28-22-21-18(25)14-32(23(21)27-15-26-22)16-35-12-13-36(2,3)4/h5-7,14-15,17H,8-13,16H2,1-4H3,(H,33,34)(H,26,27,28)/t17-/m0/s1. The van der Waals surface area contributed by atoms with Crippen molar-refractivity contribution in [1.29, 1.82) is 0 Å². The number of hydrogen-bond acceptors (Lipinski definition) is 7. The Labute approximate surface area is 220 Å². The van der Waals surface area contributed by atoms with Gasteiger partial charge in [0, 0.05) is 51.5 Å². The minimum absolute atomic E-state index is 0.105. The van der Waals surface area contributed by atoms with E-state index in [2.05, 4.69) is 55.8 Å². The summed E-state index contributed by atoms with van der Waals surface area (Å²) in [6.07, 6.45) is 2.68. The van der Waals surface area contributed by atoms with Crippen LogP contribution in [-0.2, 0) is 11.5 Å². The predicted molar refractivity (Wildman–Crippen MR) is 147 cm³/mol. The third-order valence-corrected chi connectivity index (χ3v) is 8.57. The number of fused-ring (bicyclic) bond motifs is 1. The lowest BCUT2D eigenvalue weighted by Crippen LogP contribution is -2.48. The Morgan fingerprint density at radius 1 is 1.22 bits per heavy atom. The van der Waals surface area contributed by atoms with Crippen LogP contribution in [0.2, 0.25) is 25.7 Å². The highest BCUT2D eigenvalue weighted by Crippen LogP contribution is 2.32. The molecule has 12 heteroatoms. The maximum Gasteiger partial charge on any atom is 0.407 e. The first-order valence-corrected chi connectivity index (χ1v) is 16.7. The minimum Gasteiger partial charge on any atom is -0.465 e. The number of pyridine rings is 1. The molecular formula is C24H34BrN7O3Si. The Balaban J connectivity index is 1.46. The zero-order valence-corrected chi connectivity index (χ0v) is 23.8. The maximum atomic E-state index is 11.2. The van der Waals surface area contributed by atoms with E-state index in [0.717, 1.165) is 45.5 Å². The second-order valence-electron chi connectivity index (χ2n) is 10.3. The SMILES string of the molecule is C[C@H](Nc1ncnc2c1c(Br)cn2COCC[Si](C)(C)C)c1cccc(N2CCN(C(=O)O)CC2)n1. The summed E-state index contributed by atoms with van der Waals surface area (Å²) >= 11 is 3.68. The fourth-order valence-electron chi connectivity index (χ4n) is 4.09. The second kappa shape index (κ2) is 11.1. The van der Waals surface area contributed by atoms with Crippen molar-refractivity contribution < 1.29 is 14.6 Å². The van der Waals surface area contributed by atoms with Crippen molar-refractivity contribution >= 4 is 52.8 Å². The molecule has 194 valence electrons. The van der Waals surface area contributed by atoms with Crippen molar-refractivity contribution in [3.05, 3.63) is 40.9 Å². The highest BCUT2D eigenvalue weighted by atomic mass is 79.9. The van der Waals surface area contributed by atoms with Crippen LogP contribution in [0.3, 0.4) is 0 Å². The van der Waals surface area contributed by atoms with E-state index in [0.29, 0.717) is 32.9 Å². The molecule has 10 nitrogen and oxygen atoms in total. The number of ether oxygens (including phenoxy) is 1. The number of halogens is 1. The Morgan fingerprint density at radius 3 is 2.67 bits per heavy atom. The second-order valence-corrected chi connectivity index (χ2v) is 16.7. The molecule has 36 heavy (non-hydrogen) atoms. The van der Waals surface area contributed by atoms with Crippen LogP contribution in [-0.4, -0.2) is 76.5 Å². The first-order chi connectivity index (χ1) is 17.1. The Kier molecular flexibility index (Phi) is 8.16. The van der Waals surface area contributed by atoms with Crippen molar-refractivity contribution in [1.82, 2.24) is 24.4 Å². The minimum atomic E-state index is -1.14. The molecule has 4 rings (SSSR count). The predicted octanol–water partition coefficient (Wildman–Crippen LogP) is 4.87. The average molecular weight is 577 g/mol. The first kappa shape index (κ1) is 26.4. The van der Waals surface area contributed by atoms with Gasteiger partial charge in [-0.2, -0.15) is 0 Å². The van der Waals surface area contributed by atoms with Gasteiger partial charge >= 0.3 is 6.09 Å². The van der Waals surface area contributed by atoms with Crippen molar-refractivity contribution in [2.24, 2.45) is 0 Å². The quantitative estimate of drug-likeness (QED) is 0.274. The Bertz CT molecular complexity index is 1210. The molecule has 1 aliphatic rings. The van der Waals surface area contributed by atoms with Crippen LogP contribution >= 0.6 is 15.9 Å². The molecule has 1 atom stereocenters. The molecule has 1 saturated heterocycles. The van der Waals surface area contributed by atoms with Crippen LogP contribution in [0.1, 0.15) is 18.7 Å². The molecule has 0 radical (unpaired) electrons. The van der Waals surface area contributed by atoms with Crippen LogP contribution in [0.15, 0.2) is 35.2 Å². The zero-order valence-electron chi connectivity index (χ0n) is 21.2. The lowest BCUT2D eigenvalue weighted by Gasteiger charge is -2.34. The first-order valence-electron chi connectivity index (χ1n) is 12.2. The van der Waals surface area contributed by atoms with Gasteiger partial charge in [0.25, 0.3) is 0 Å². The van der Waals surface area contributed by atoms with Gasteiger partial charge in [-0.25, -0.2) is 19.7 Å². The summed E-state index contributed by atoms with van der Waals surface area (Å²) in [7, 11) is -1.14. The summed E-state index contributed by atoms with van der Waals surface area (Å²) in [5.41, 5.74) is 1.68. The topological polar surface area (TPSA) is 109 Å². The number of nitrogens with zero attached hydrogens (tertiary/aromatic N) is 6. The number of anilines is 2. The fourth-order valence-corrected chi connectivity index (χ4v) is 5.46. The normalized spacial score (nSPS) is 15.4. The molecule has 4 heterocycles. The lowest BCUT2D eigenvalue weighted by atomic mass is 10.2. The molecule has 1 aliphatic heterocycles. The molecule has 3 aromatic heterocycles. The fraction of sp³-hybridized carbons (Fsp3) is 0.500. The molecular weight excluding hydrogens is 542 g/mol. The number of rotatable bonds is 9. The van der Waals surface area contributed by atoms with Crippen LogP contribution in [0.25, 0.3) is 11.0 Å². The summed E-state index contributed by atoms with van der Waals surface area (Å²) in [5.74, 6) is 1.57. The van der Waals surface area contributed by atoms with E-state index >= 15 is 0 Å². The van der Waals surface area contributed by atoms with Gasteiger partial charge < -0.3 is 29.5 Å². The third kappa shape index (κ3) is 6.34. The smallest absolute Gasteiger partial charge is 0.407 e. The molecule has 2 N–H and O–H groups in total. The molecule has 1 amide bonds. The molecule has 1 fully saturated rings. The van der Waals surface area contributed by atoms with Gasteiger partial charge in [-0.1, -0.05) is 25.7 Å². The van der Waals surface area contributed by atoms with Gasteiger partial charge in [-0.3, -0.25) is 0 Å². The van der Waals surface area contributed by atoms with Crippen molar-refractivity contribution in [2.45, 2.75) is 45.4 Å². The summed E-state index contributed by atoms with van der Waals surface area (Å²) < 4.78 is 8.84. The maximum absolute atomic E-state index is 11.2. The van der Waals surface area contributed by atoms with Crippen LogP contribution in [0.5, 0.6) is 0 Å². The van der Waals surface area contributed by atoms with E-state index in [9.17, 15) is 9.90 Å². The molecule has 0 aromatic carbocycles. The summed E-state index contributed by atoms with van der Waals surface area (Å²) in [4.78, 5) is 28.6. The lowest BCUT2D eigenvalue weighted by molar-refractivity contribution is 0.0898. The highest BCUT2D eigenvalue weighted by Gasteiger charge is 2.22. The van der Waals surface area contributed by atoms with Gasteiger partial charge in [-0.15, -0.1) is 0 Å². The van der Waals surface area contributed by atoms with Crippen molar-refractivity contribution in [3.63, 3.8) is 0 Å². The van der Waals surface area contributed by atoms with E-state index in [1.54, 1.807) is 6.33 Å². The van der Waals surface area contributed by atoms with E-state index in [4.69, 9.17) is 9.72 Å². The number of carbonyl (C=O) groups is 1. The zero-order chi connectivity index (χ0) is 25.9. The number of hydrogen-bond donors (Lipinski definition) is 2. The van der Waals surface area contributed by atoms with Crippen molar-refractivity contribution in [2.75, 3.05) is 43.0 Å². The highest BCUT2D eigenvalue weighted by molar-refractivity contribution is 9.10. The van der Waals surface area contributed by atoms with E-state index in [1.165, 1.54) is 4.90 Å². The summed E-state index contributed by atoms with van der Waals surface area (Å²) in [5, 5.41) is 13.6. The van der Waals surface area contributed by atoms with Gasteiger partial charge in [0.05, 0.1) is 17.1 Å².